The summed E-state index contributed by atoms with van der Waals surface area (Å²) < 4.78 is 1.15. The van der Waals surface area contributed by atoms with Gasteiger partial charge < -0.3 is 10.2 Å². The lowest BCUT2D eigenvalue weighted by molar-refractivity contribution is 0.429. The van der Waals surface area contributed by atoms with Crippen LogP contribution in [0.3, 0.4) is 0 Å². The van der Waals surface area contributed by atoms with Crippen LogP contribution in [0.15, 0.2) is 22.7 Å². The van der Waals surface area contributed by atoms with E-state index in [1.807, 2.05) is 0 Å². The molecule has 0 aromatic heterocycles. The molecule has 1 saturated carbocycles. The molecular weight excluding hydrogens is 264 g/mol. The fraction of sp³-hybridized carbons (Fsp3) is 0.538. The van der Waals surface area contributed by atoms with E-state index in [1.54, 1.807) is 0 Å². The van der Waals surface area contributed by atoms with E-state index >= 15 is 0 Å². The van der Waals surface area contributed by atoms with E-state index in [0.29, 0.717) is 5.54 Å². The normalized spacial score (nSPS) is 22.0. The molecule has 3 heteroatoms. The minimum Gasteiger partial charge on any atom is -0.381 e. The molecule has 2 nitrogen and oxygen atoms in total. The highest BCUT2D eigenvalue weighted by Gasteiger charge is 2.40. The zero-order valence-electron chi connectivity index (χ0n) is 9.59. The van der Waals surface area contributed by atoms with Crippen LogP contribution in [0.1, 0.15) is 25.7 Å². The van der Waals surface area contributed by atoms with E-state index < -0.39 is 0 Å². The minimum atomic E-state index is 0.376. The van der Waals surface area contributed by atoms with Crippen molar-refractivity contribution in [1.82, 2.24) is 0 Å². The van der Waals surface area contributed by atoms with Gasteiger partial charge in [0, 0.05) is 18.1 Å². The lowest BCUT2D eigenvalue weighted by atomic mass is 9.92. The van der Waals surface area contributed by atoms with Crippen LogP contribution in [0, 0.1) is 0 Å². The van der Waals surface area contributed by atoms with Gasteiger partial charge >= 0.3 is 0 Å². The van der Waals surface area contributed by atoms with E-state index in [0.717, 1.165) is 11.0 Å². The molecule has 0 amide bonds. The van der Waals surface area contributed by atoms with Gasteiger partial charge in [-0.1, -0.05) is 28.8 Å². The highest BCUT2D eigenvalue weighted by Crippen LogP contribution is 2.43. The number of nitrogens with zero attached hydrogens (tertiary/aromatic N) is 1. The molecule has 1 heterocycles. The maximum atomic E-state index is 3.59. The summed E-state index contributed by atoms with van der Waals surface area (Å²) in [6.07, 6.45) is 5.40. The average molecular weight is 281 g/mol. The zero-order valence-corrected chi connectivity index (χ0v) is 11.2. The smallest absolute Gasteiger partial charge is 0.0605 e. The Labute approximate surface area is 105 Å². The van der Waals surface area contributed by atoms with E-state index in [4.69, 9.17) is 0 Å². The van der Waals surface area contributed by atoms with Gasteiger partial charge in [-0.15, -0.1) is 0 Å². The minimum absolute atomic E-state index is 0.376. The van der Waals surface area contributed by atoms with Crippen LogP contribution in [0.25, 0.3) is 0 Å². The molecule has 0 bridgehead atoms. The highest BCUT2D eigenvalue weighted by molar-refractivity contribution is 9.10. The SMILES string of the molecule is CN1c2ccc(Br)cc2NCC12CCCC2. The second-order valence-electron chi connectivity index (χ2n) is 5.01. The largest absolute Gasteiger partial charge is 0.381 e. The number of hydrogen-bond acceptors (Lipinski definition) is 2. The Morgan fingerprint density at radius 1 is 1.31 bits per heavy atom. The number of likely N-dealkylation sites (N-methyl/N-ethyl adjacent to an activating group) is 1. The van der Waals surface area contributed by atoms with Gasteiger partial charge in [-0.05, 0) is 31.0 Å². The van der Waals surface area contributed by atoms with Gasteiger partial charge in [0.2, 0.25) is 0 Å². The molecule has 86 valence electrons. The summed E-state index contributed by atoms with van der Waals surface area (Å²) in [5.74, 6) is 0. The molecule has 1 fully saturated rings. The van der Waals surface area contributed by atoms with Crippen molar-refractivity contribution in [3.63, 3.8) is 0 Å². The summed E-state index contributed by atoms with van der Waals surface area (Å²) in [4.78, 5) is 2.50. The molecule has 2 aliphatic rings. The first-order chi connectivity index (χ1) is 7.71. The molecule has 3 rings (SSSR count). The number of benzene rings is 1. The summed E-state index contributed by atoms with van der Waals surface area (Å²) in [7, 11) is 2.25. The fourth-order valence-electron chi connectivity index (χ4n) is 3.12. The standard InChI is InChI=1S/C13H17BrN2/c1-16-12-5-4-10(14)8-11(12)15-9-13(16)6-2-3-7-13/h4-5,8,15H,2-3,6-7,9H2,1H3. The molecule has 1 aliphatic carbocycles. The third-order valence-corrected chi connectivity index (χ3v) is 4.67. The van der Waals surface area contributed by atoms with E-state index in [-0.39, 0.29) is 0 Å². The van der Waals surface area contributed by atoms with Crippen molar-refractivity contribution in [1.29, 1.82) is 0 Å². The predicted molar refractivity (Wildman–Crippen MR) is 72.2 cm³/mol. The number of anilines is 2. The molecule has 16 heavy (non-hydrogen) atoms. The molecule has 1 aromatic rings. The molecular formula is C13H17BrN2. The summed E-state index contributed by atoms with van der Waals surface area (Å²) in [6.45, 7) is 1.09. The van der Waals surface area contributed by atoms with Gasteiger partial charge in [-0.25, -0.2) is 0 Å². The van der Waals surface area contributed by atoms with Gasteiger partial charge in [0.05, 0.1) is 16.9 Å². The molecule has 1 aliphatic heterocycles. The van der Waals surface area contributed by atoms with Crippen molar-refractivity contribution in [2.45, 2.75) is 31.2 Å². The maximum absolute atomic E-state index is 3.59. The summed E-state index contributed by atoms with van der Waals surface area (Å²) in [6, 6.07) is 6.52. The van der Waals surface area contributed by atoms with E-state index in [1.165, 1.54) is 37.1 Å². The zero-order chi connectivity index (χ0) is 11.2. The second-order valence-corrected chi connectivity index (χ2v) is 5.92. The topological polar surface area (TPSA) is 15.3 Å². The molecule has 0 saturated heterocycles. The number of hydrogen-bond donors (Lipinski definition) is 1. The second kappa shape index (κ2) is 3.66. The first-order valence-electron chi connectivity index (χ1n) is 5.99. The first kappa shape index (κ1) is 10.5. The van der Waals surface area contributed by atoms with Crippen LogP contribution >= 0.6 is 15.9 Å². The quantitative estimate of drug-likeness (QED) is 0.781. The van der Waals surface area contributed by atoms with Gasteiger partial charge in [-0.3, -0.25) is 0 Å². The number of rotatable bonds is 0. The Bertz CT molecular complexity index is 410. The fourth-order valence-corrected chi connectivity index (χ4v) is 3.48. The monoisotopic (exact) mass is 280 g/mol. The highest BCUT2D eigenvalue weighted by atomic mass is 79.9. The van der Waals surface area contributed by atoms with Crippen LogP contribution in [-0.4, -0.2) is 19.1 Å². The number of halogens is 1. The first-order valence-corrected chi connectivity index (χ1v) is 6.78. The summed E-state index contributed by atoms with van der Waals surface area (Å²) in [5, 5.41) is 3.59. The molecule has 0 atom stereocenters. The number of nitrogens with one attached hydrogen (secondary N) is 1. The van der Waals surface area contributed by atoms with Crippen molar-refractivity contribution in [2.24, 2.45) is 0 Å². The third kappa shape index (κ3) is 1.45. The lowest BCUT2D eigenvalue weighted by Gasteiger charge is -2.45. The van der Waals surface area contributed by atoms with Crippen molar-refractivity contribution in [3.05, 3.63) is 22.7 Å². The van der Waals surface area contributed by atoms with Gasteiger partial charge in [0.1, 0.15) is 0 Å². The molecule has 0 radical (unpaired) electrons. The van der Waals surface area contributed by atoms with Crippen LogP contribution in [0.5, 0.6) is 0 Å². The van der Waals surface area contributed by atoms with Crippen molar-refractivity contribution in [3.8, 4) is 0 Å². The van der Waals surface area contributed by atoms with Gasteiger partial charge in [-0.2, -0.15) is 0 Å². The molecule has 0 unspecified atom stereocenters. The van der Waals surface area contributed by atoms with Crippen LogP contribution in [-0.2, 0) is 0 Å². The van der Waals surface area contributed by atoms with Gasteiger partial charge in [0.15, 0.2) is 0 Å². The number of fused-ring (bicyclic) bond motifs is 1. The summed E-state index contributed by atoms with van der Waals surface area (Å²) >= 11 is 3.53. The third-order valence-electron chi connectivity index (χ3n) is 4.17. The molecule has 1 N–H and O–H groups in total. The van der Waals surface area contributed by atoms with Gasteiger partial charge in [0.25, 0.3) is 0 Å². The van der Waals surface area contributed by atoms with Crippen LogP contribution in [0.4, 0.5) is 11.4 Å². The lowest BCUT2D eigenvalue weighted by Crippen LogP contribution is -2.52. The average Bonchev–Trinajstić information content (AvgIpc) is 2.74. The molecule has 1 aromatic carbocycles. The predicted octanol–water partition coefficient (Wildman–Crippen LogP) is 3.62. The van der Waals surface area contributed by atoms with Crippen molar-refractivity contribution < 1.29 is 0 Å². The van der Waals surface area contributed by atoms with Crippen LogP contribution < -0.4 is 10.2 Å². The van der Waals surface area contributed by atoms with E-state index in [9.17, 15) is 0 Å². The maximum Gasteiger partial charge on any atom is 0.0605 e. The van der Waals surface area contributed by atoms with Crippen molar-refractivity contribution >= 4 is 27.3 Å². The Hall–Kier alpha value is -0.700. The van der Waals surface area contributed by atoms with E-state index in [2.05, 4.69) is 51.4 Å². The Kier molecular flexibility index (Phi) is 2.39. The Balaban J connectivity index is 2.01. The Morgan fingerprint density at radius 3 is 2.81 bits per heavy atom. The van der Waals surface area contributed by atoms with Crippen molar-refractivity contribution in [2.75, 3.05) is 23.8 Å². The summed E-state index contributed by atoms with van der Waals surface area (Å²) in [5.41, 5.74) is 2.98. The van der Waals surface area contributed by atoms with Crippen LogP contribution in [0.2, 0.25) is 0 Å². The molecule has 1 spiro atoms. The Morgan fingerprint density at radius 2 is 2.06 bits per heavy atom.